The number of anilines is 1. The Hall–Kier alpha value is -1.75. The molecule has 1 aromatic rings. The van der Waals surface area contributed by atoms with Gasteiger partial charge in [0.1, 0.15) is 22.0 Å². The number of nitriles is 1. The Morgan fingerprint density at radius 2 is 2.20 bits per heavy atom. The minimum Gasteiger partial charge on any atom is -0.467 e. The molecule has 0 aliphatic heterocycles. The second-order valence-electron chi connectivity index (χ2n) is 4.55. The number of alkyl halides is 2. The molecular formula is C12H10BrF2N3O2. The fraction of sp³-hybridized carbons (Fsp3) is 0.417. The number of methoxy groups -OCH3 is 1. The number of esters is 1. The zero-order valence-electron chi connectivity index (χ0n) is 10.4. The molecule has 106 valence electrons. The van der Waals surface area contributed by atoms with E-state index in [2.05, 4.69) is 31.0 Å². The van der Waals surface area contributed by atoms with Crippen molar-refractivity contribution in [3.63, 3.8) is 0 Å². The summed E-state index contributed by atoms with van der Waals surface area (Å²) >= 11 is 3.12. The number of carbonyl (C=O) groups excluding carboxylic acids is 1. The first-order valence-corrected chi connectivity index (χ1v) is 6.42. The molecule has 1 aliphatic carbocycles. The molecular weight excluding hydrogens is 336 g/mol. The second kappa shape index (κ2) is 4.98. The van der Waals surface area contributed by atoms with Crippen LogP contribution >= 0.6 is 15.9 Å². The lowest BCUT2D eigenvalue weighted by molar-refractivity contribution is -0.171. The van der Waals surface area contributed by atoms with Gasteiger partial charge in [-0.1, -0.05) is 0 Å². The highest BCUT2D eigenvalue weighted by atomic mass is 79.9. The summed E-state index contributed by atoms with van der Waals surface area (Å²) in [4.78, 5) is 15.8. The van der Waals surface area contributed by atoms with E-state index in [-0.39, 0.29) is 11.4 Å². The molecule has 0 atom stereocenters. The van der Waals surface area contributed by atoms with Crippen LogP contribution in [-0.4, -0.2) is 29.5 Å². The maximum atomic E-state index is 13.2. The number of nitrogens with zero attached hydrogens (tertiary/aromatic N) is 2. The number of hydrogen-bond donors (Lipinski definition) is 1. The highest BCUT2D eigenvalue weighted by molar-refractivity contribution is 9.10. The third kappa shape index (κ3) is 2.58. The van der Waals surface area contributed by atoms with Gasteiger partial charge in [0, 0.05) is 12.8 Å². The van der Waals surface area contributed by atoms with Gasteiger partial charge in [0.25, 0.3) is 5.92 Å². The van der Waals surface area contributed by atoms with Gasteiger partial charge in [-0.15, -0.1) is 0 Å². The summed E-state index contributed by atoms with van der Waals surface area (Å²) in [6.07, 6.45) is -1.38. The molecule has 5 nitrogen and oxygen atoms in total. The summed E-state index contributed by atoms with van der Waals surface area (Å²) in [7, 11) is 1.13. The SMILES string of the molecule is COC(=O)C1(Nc2nc(Br)ccc2C#N)CC(F)(F)C1. The van der Waals surface area contributed by atoms with E-state index in [9.17, 15) is 13.6 Å². The number of nitrogens with one attached hydrogen (secondary N) is 1. The molecule has 8 heteroatoms. The lowest BCUT2D eigenvalue weighted by Crippen LogP contribution is -2.62. The zero-order chi connectivity index (χ0) is 15.0. The Labute approximate surface area is 122 Å². The number of halogens is 3. The maximum absolute atomic E-state index is 13.2. The molecule has 0 bridgehead atoms. The molecule has 1 aliphatic rings. The Morgan fingerprint density at radius 3 is 2.70 bits per heavy atom. The standard InChI is InChI=1S/C12H10BrF2N3O2/c1-20-10(19)11(5-12(14,15)6-11)18-9-7(4-16)2-3-8(13)17-9/h2-3H,5-6H2,1H3,(H,17,18). The first-order valence-electron chi connectivity index (χ1n) is 5.63. The third-order valence-corrected chi connectivity index (χ3v) is 3.48. The molecule has 1 heterocycles. The van der Waals surface area contributed by atoms with Crippen molar-refractivity contribution in [2.24, 2.45) is 0 Å². The van der Waals surface area contributed by atoms with Gasteiger partial charge >= 0.3 is 5.97 Å². The molecule has 20 heavy (non-hydrogen) atoms. The van der Waals surface area contributed by atoms with Gasteiger partial charge in [-0.3, -0.25) is 0 Å². The van der Waals surface area contributed by atoms with E-state index < -0.39 is 30.3 Å². The topological polar surface area (TPSA) is 75.0 Å². The lowest BCUT2D eigenvalue weighted by Gasteiger charge is -2.45. The van der Waals surface area contributed by atoms with Crippen LogP contribution in [0.5, 0.6) is 0 Å². The van der Waals surface area contributed by atoms with Crippen LogP contribution in [0.4, 0.5) is 14.6 Å². The average molecular weight is 346 g/mol. The smallest absolute Gasteiger partial charge is 0.332 e. The monoisotopic (exact) mass is 345 g/mol. The summed E-state index contributed by atoms with van der Waals surface area (Å²) in [5.41, 5.74) is -1.39. The molecule has 1 saturated carbocycles. The van der Waals surface area contributed by atoms with Crippen molar-refractivity contribution in [3.05, 3.63) is 22.3 Å². The highest BCUT2D eigenvalue weighted by Crippen LogP contribution is 2.48. The van der Waals surface area contributed by atoms with Crippen LogP contribution in [0.1, 0.15) is 18.4 Å². The summed E-state index contributed by atoms with van der Waals surface area (Å²) in [5.74, 6) is -3.66. The van der Waals surface area contributed by atoms with Crippen LogP contribution in [-0.2, 0) is 9.53 Å². The van der Waals surface area contributed by atoms with E-state index in [4.69, 9.17) is 5.26 Å². The van der Waals surface area contributed by atoms with E-state index in [0.717, 1.165) is 7.11 Å². The predicted molar refractivity (Wildman–Crippen MR) is 69.2 cm³/mol. The summed E-state index contributed by atoms with van der Waals surface area (Å²) < 4.78 is 31.3. The quantitative estimate of drug-likeness (QED) is 0.672. The molecule has 1 fully saturated rings. The third-order valence-electron chi connectivity index (χ3n) is 3.04. The van der Waals surface area contributed by atoms with Crippen LogP contribution in [0.3, 0.4) is 0 Å². The van der Waals surface area contributed by atoms with Crippen molar-refractivity contribution in [2.75, 3.05) is 12.4 Å². The molecule has 0 amide bonds. The minimum atomic E-state index is -2.93. The normalized spacial score (nSPS) is 18.6. The molecule has 1 aromatic heterocycles. The van der Waals surface area contributed by atoms with Crippen LogP contribution in [0.2, 0.25) is 0 Å². The van der Waals surface area contributed by atoms with E-state index in [0.29, 0.717) is 4.60 Å². The molecule has 0 saturated heterocycles. The number of ether oxygens (including phenoxy) is 1. The van der Waals surface area contributed by atoms with Gasteiger partial charge in [-0.2, -0.15) is 5.26 Å². The van der Waals surface area contributed by atoms with Crippen LogP contribution in [0, 0.1) is 11.3 Å². The first-order chi connectivity index (χ1) is 9.32. The predicted octanol–water partition coefficient (Wildman–Crippen LogP) is 2.47. The van der Waals surface area contributed by atoms with Crippen molar-refractivity contribution in [1.82, 2.24) is 4.98 Å². The molecule has 0 aromatic carbocycles. The highest BCUT2D eigenvalue weighted by Gasteiger charge is 2.62. The molecule has 2 rings (SSSR count). The van der Waals surface area contributed by atoms with Gasteiger partial charge in [-0.25, -0.2) is 18.6 Å². The van der Waals surface area contributed by atoms with Crippen LogP contribution in [0.25, 0.3) is 0 Å². The zero-order valence-corrected chi connectivity index (χ0v) is 12.0. The van der Waals surface area contributed by atoms with Crippen LogP contribution < -0.4 is 5.32 Å². The van der Waals surface area contributed by atoms with Gasteiger partial charge in [0.05, 0.1) is 12.7 Å². The first kappa shape index (κ1) is 14.7. The number of hydrogen-bond acceptors (Lipinski definition) is 5. The van der Waals surface area contributed by atoms with E-state index in [1.54, 1.807) is 6.07 Å². The molecule has 0 radical (unpaired) electrons. The number of rotatable bonds is 3. The largest absolute Gasteiger partial charge is 0.467 e. The fourth-order valence-corrected chi connectivity index (χ4v) is 2.47. The van der Waals surface area contributed by atoms with Crippen LogP contribution in [0.15, 0.2) is 16.7 Å². The number of aromatic nitrogens is 1. The summed E-state index contributed by atoms with van der Waals surface area (Å²) in [5, 5.41) is 11.6. The average Bonchev–Trinajstić information content (AvgIpc) is 2.35. The summed E-state index contributed by atoms with van der Waals surface area (Å²) in [6.45, 7) is 0. The van der Waals surface area contributed by atoms with Gasteiger partial charge in [-0.05, 0) is 28.1 Å². The lowest BCUT2D eigenvalue weighted by atomic mass is 9.73. The number of carbonyl (C=O) groups is 1. The minimum absolute atomic E-state index is 0.0720. The van der Waals surface area contributed by atoms with Crippen molar-refractivity contribution in [1.29, 1.82) is 5.26 Å². The van der Waals surface area contributed by atoms with Crippen molar-refractivity contribution >= 4 is 27.7 Å². The van der Waals surface area contributed by atoms with Gasteiger partial charge in [0.15, 0.2) is 0 Å². The van der Waals surface area contributed by atoms with E-state index in [1.165, 1.54) is 6.07 Å². The Kier molecular flexibility index (Phi) is 3.65. The van der Waals surface area contributed by atoms with Gasteiger partial charge in [0.2, 0.25) is 0 Å². The molecule has 0 unspecified atom stereocenters. The van der Waals surface area contributed by atoms with Crippen molar-refractivity contribution in [3.8, 4) is 6.07 Å². The molecule has 1 N–H and O–H groups in total. The Bertz CT molecular complexity index is 593. The fourth-order valence-electron chi connectivity index (χ4n) is 2.16. The Morgan fingerprint density at radius 1 is 1.55 bits per heavy atom. The summed E-state index contributed by atoms with van der Waals surface area (Å²) in [6, 6.07) is 4.90. The van der Waals surface area contributed by atoms with Crippen molar-refractivity contribution in [2.45, 2.75) is 24.3 Å². The second-order valence-corrected chi connectivity index (χ2v) is 5.36. The van der Waals surface area contributed by atoms with E-state index in [1.807, 2.05) is 6.07 Å². The molecule has 0 spiro atoms. The van der Waals surface area contributed by atoms with Gasteiger partial charge < -0.3 is 10.1 Å². The maximum Gasteiger partial charge on any atom is 0.332 e. The Balaban J connectivity index is 2.33. The van der Waals surface area contributed by atoms with E-state index >= 15 is 0 Å². The van der Waals surface area contributed by atoms with Crippen molar-refractivity contribution < 1.29 is 18.3 Å². The number of pyridine rings is 1.